The summed E-state index contributed by atoms with van der Waals surface area (Å²) in [5.41, 5.74) is 7.91. The van der Waals surface area contributed by atoms with Gasteiger partial charge in [-0.2, -0.15) is 0 Å². The number of rotatable bonds is 6. The predicted molar refractivity (Wildman–Crippen MR) is 196 cm³/mol. The van der Waals surface area contributed by atoms with Gasteiger partial charge in [0.2, 0.25) is 0 Å². The second-order valence-corrected chi connectivity index (χ2v) is 16.9. The van der Waals surface area contributed by atoms with E-state index in [0.29, 0.717) is 0 Å². The fourth-order valence-corrected chi connectivity index (χ4v) is 10.3. The van der Waals surface area contributed by atoms with Crippen LogP contribution >= 0.6 is 0 Å². The molecule has 0 aromatic heterocycles. The van der Waals surface area contributed by atoms with Crippen molar-refractivity contribution < 1.29 is 17.4 Å². The number of benzene rings is 6. The molecule has 0 atom stereocenters. The van der Waals surface area contributed by atoms with Gasteiger partial charge in [-0.1, -0.05) is 210 Å². The number of hydrogen-bond donors (Lipinski definition) is 0. The number of hydrogen-bond acceptors (Lipinski definition) is 0. The summed E-state index contributed by atoms with van der Waals surface area (Å²) in [4.78, 5) is 0. The van der Waals surface area contributed by atoms with E-state index in [1.807, 2.05) is 0 Å². The van der Waals surface area contributed by atoms with Crippen molar-refractivity contribution in [3.8, 4) is 0 Å². The third-order valence-corrected chi connectivity index (χ3v) is 13.5. The first-order valence-corrected chi connectivity index (χ1v) is 18.4. The molecule has 224 valence electrons. The van der Waals surface area contributed by atoms with Crippen LogP contribution in [0.3, 0.4) is 0 Å². The molecule has 0 aliphatic rings. The smallest absolute Gasteiger partial charge is 0.0622 e. The molecule has 0 saturated carbocycles. The van der Waals surface area contributed by atoms with Crippen molar-refractivity contribution in [1.29, 1.82) is 0 Å². The molecule has 0 fully saturated rings. The zero-order valence-electron chi connectivity index (χ0n) is 27.3. The van der Waals surface area contributed by atoms with Crippen molar-refractivity contribution in [3.05, 3.63) is 179 Å². The summed E-state index contributed by atoms with van der Waals surface area (Å²) in [5, 5.41) is 8.69. The molecule has 0 aliphatic heterocycles. The molecule has 0 nitrogen and oxygen atoms in total. The van der Waals surface area contributed by atoms with E-state index < -0.39 is 17.6 Å². The Hall–Kier alpha value is -3.71. The zero-order chi connectivity index (χ0) is 31.1. The quantitative estimate of drug-likeness (QED) is 0.147. The Bertz CT molecular complexity index is 1400. The van der Waals surface area contributed by atoms with Crippen molar-refractivity contribution in [2.75, 3.05) is 0 Å². The monoisotopic (exact) mass is 654 g/mol. The summed E-state index contributed by atoms with van der Waals surface area (Å²) in [5.74, 6) is 0. The SMILES string of the molecule is Cc1ccc([Si](c2ccc(C)cc2)c2ccc(C)cc2)cc1.Cc1ccc([Si](c2ccc(C)cc2)c2ccc(C)cc2)cc1.[Cr]. The molecule has 3 heteroatoms. The maximum Gasteiger partial charge on any atom is 0.154 e. The summed E-state index contributed by atoms with van der Waals surface area (Å²) in [6.45, 7) is 12.9. The fourth-order valence-electron chi connectivity index (χ4n) is 5.32. The summed E-state index contributed by atoms with van der Waals surface area (Å²) in [6, 6.07) is 54.2. The second-order valence-electron chi connectivity index (χ2n) is 11.9. The van der Waals surface area contributed by atoms with E-state index in [4.69, 9.17) is 0 Å². The van der Waals surface area contributed by atoms with Crippen LogP contribution in [0.5, 0.6) is 0 Å². The molecule has 6 aromatic carbocycles. The van der Waals surface area contributed by atoms with Crippen LogP contribution in [0.2, 0.25) is 0 Å². The minimum absolute atomic E-state index is 0. The molecule has 0 saturated heterocycles. The third-order valence-electron chi connectivity index (χ3n) is 8.04. The van der Waals surface area contributed by atoms with Crippen LogP contribution in [0.15, 0.2) is 146 Å². The molecule has 0 spiro atoms. The predicted octanol–water partition coefficient (Wildman–Crippen LogP) is 6.25. The van der Waals surface area contributed by atoms with Crippen LogP contribution < -0.4 is 31.1 Å². The van der Waals surface area contributed by atoms with Crippen molar-refractivity contribution in [1.82, 2.24) is 0 Å². The molecule has 0 unspecified atom stereocenters. The first-order chi connectivity index (χ1) is 21.3. The molecule has 0 amide bonds. The minimum Gasteiger partial charge on any atom is -0.0622 e. The van der Waals surface area contributed by atoms with Gasteiger partial charge in [-0.25, -0.2) is 0 Å². The summed E-state index contributed by atoms with van der Waals surface area (Å²) in [6.07, 6.45) is 0. The van der Waals surface area contributed by atoms with Crippen LogP contribution in [0.25, 0.3) is 0 Å². The Labute approximate surface area is 285 Å². The Morgan fingerprint density at radius 3 is 0.444 bits per heavy atom. The van der Waals surface area contributed by atoms with Crippen molar-refractivity contribution in [3.63, 3.8) is 0 Å². The van der Waals surface area contributed by atoms with E-state index in [0.717, 1.165) is 0 Å². The Kier molecular flexibility index (Phi) is 12.2. The van der Waals surface area contributed by atoms with Crippen molar-refractivity contribution >= 4 is 48.7 Å². The number of aryl methyl sites for hydroxylation is 6. The Morgan fingerprint density at radius 1 is 0.222 bits per heavy atom. The maximum atomic E-state index is 2.29. The third kappa shape index (κ3) is 9.16. The van der Waals surface area contributed by atoms with Gasteiger partial charge in [0.1, 0.15) is 0 Å². The largest absolute Gasteiger partial charge is 0.154 e. The fraction of sp³-hybridized carbons (Fsp3) is 0.143. The Balaban J connectivity index is 0.000000200. The molecular formula is C42H42CrSi2. The topological polar surface area (TPSA) is 0 Å². The molecule has 6 aromatic rings. The van der Waals surface area contributed by atoms with Crippen LogP contribution in [0.4, 0.5) is 0 Å². The second kappa shape index (κ2) is 16.0. The van der Waals surface area contributed by atoms with Crippen LogP contribution in [-0.4, -0.2) is 17.6 Å². The van der Waals surface area contributed by atoms with Crippen molar-refractivity contribution in [2.24, 2.45) is 0 Å². The molecule has 0 heterocycles. The maximum absolute atomic E-state index is 2.29. The average Bonchev–Trinajstić information content (AvgIpc) is 3.03. The first-order valence-electron chi connectivity index (χ1n) is 15.4. The zero-order valence-corrected chi connectivity index (χ0v) is 30.5. The standard InChI is InChI=1S/2C21H21Si.Cr/c2*1-16-4-10-19(11-5-16)22(20-12-6-17(2)7-13-20)21-14-8-18(3)9-15-21;/h2*4-15H,1-3H3;. The van der Waals surface area contributed by atoms with Crippen molar-refractivity contribution in [2.45, 2.75) is 41.5 Å². The molecule has 6 rings (SSSR count). The summed E-state index contributed by atoms with van der Waals surface area (Å²) in [7, 11) is -1.85. The summed E-state index contributed by atoms with van der Waals surface area (Å²) >= 11 is 0. The minimum atomic E-state index is -0.927. The van der Waals surface area contributed by atoms with Gasteiger partial charge in [0.25, 0.3) is 0 Å². The molecular weight excluding hydrogens is 613 g/mol. The van der Waals surface area contributed by atoms with Gasteiger partial charge in [0.05, 0.1) is 0 Å². The van der Waals surface area contributed by atoms with Gasteiger partial charge < -0.3 is 0 Å². The normalized spacial score (nSPS) is 10.7. The van der Waals surface area contributed by atoms with Gasteiger partial charge in [0.15, 0.2) is 17.6 Å². The van der Waals surface area contributed by atoms with Crippen LogP contribution in [0.1, 0.15) is 33.4 Å². The van der Waals surface area contributed by atoms with Crippen LogP contribution in [0, 0.1) is 41.5 Å². The Morgan fingerprint density at radius 2 is 0.333 bits per heavy atom. The van der Waals surface area contributed by atoms with Gasteiger partial charge in [0, 0.05) is 17.4 Å². The molecule has 0 bridgehead atoms. The molecule has 45 heavy (non-hydrogen) atoms. The van der Waals surface area contributed by atoms with E-state index in [1.54, 1.807) is 0 Å². The van der Waals surface area contributed by atoms with E-state index in [-0.39, 0.29) is 17.4 Å². The van der Waals surface area contributed by atoms with E-state index in [9.17, 15) is 0 Å². The van der Waals surface area contributed by atoms with Crippen LogP contribution in [-0.2, 0) is 17.4 Å². The first kappa shape index (κ1) is 34.2. The van der Waals surface area contributed by atoms with E-state index >= 15 is 0 Å². The molecule has 0 aliphatic carbocycles. The van der Waals surface area contributed by atoms with Gasteiger partial charge >= 0.3 is 0 Å². The van der Waals surface area contributed by atoms with Gasteiger partial charge in [-0.3, -0.25) is 0 Å². The van der Waals surface area contributed by atoms with Gasteiger partial charge in [-0.05, 0) is 41.5 Å². The van der Waals surface area contributed by atoms with E-state index in [1.165, 1.54) is 64.5 Å². The molecule has 2 radical (unpaired) electrons. The van der Waals surface area contributed by atoms with E-state index in [2.05, 4.69) is 187 Å². The summed E-state index contributed by atoms with van der Waals surface area (Å²) < 4.78 is 0. The molecule has 0 N–H and O–H groups in total. The van der Waals surface area contributed by atoms with Gasteiger partial charge in [-0.15, -0.1) is 0 Å². The average molecular weight is 655 g/mol.